The molecular weight excluding hydrogens is 380 g/mol. The van der Waals surface area contributed by atoms with Crippen LogP contribution in [0.5, 0.6) is 0 Å². The molecule has 1 N–H and O–H groups in total. The minimum atomic E-state index is -3.11. The summed E-state index contributed by atoms with van der Waals surface area (Å²) in [4.78, 5) is 29.5. The minimum absolute atomic E-state index is 0.208. The van der Waals surface area contributed by atoms with Gasteiger partial charge in [-0.15, -0.1) is 0 Å². The second-order valence-corrected chi connectivity index (χ2v) is 6.65. The van der Waals surface area contributed by atoms with Gasteiger partial charge in [0.15, 0.2) is 0 Å². The molecule has 0 aromatic carbocycles. The monoisotopic (exact) mass is 397 g/mol. The molecule has 0 saturated carbocycles. The Balaban J connectivity index is 1.68. The zero-order valence-electron chi connectivity index (χ0n) is 15.5. The summed E-state index contributed by atoms with van der Waals surface area (Å²) in [5.41, 5.74) is 1.33. The second-order valence-electron chi connectivity index (χ2n) is 6.65. The van der Waals surface area contributed by atoms with Crippen LogP contribution in [0.2, 0.25) is 0 Å². The van der Waals surface area contributed by atoms with Gasteiger partial charge in [0.1, 0.15) is 6.04 Å². The Morgan fingerprint density at radius 1 is 1.38 bits per heavy atom. The highest BCUT2D eigenvalue weighted by molar-refractivity contribution is 5.98. The van der Waals surface area contributed by atoms with Gasteiger partial charge in [0.25, 0.3) is 11.8 Å². The molecule has 0 aliphatic carbocycles. The molecule has 3 rings (SSSR count). The highest BCUT2D eigenvalue weighted by Crippen LogP contribution is 2.31. The summed E-state index contributed by atoms with van der Waals surface area (Å²) < 4.78 is 28.8. The number of alkyl halides is 2. The number of hydrogen-bond donors (Lipinski definition) is 1. The van der Waals surface area contributed by atoms with Gasteiger partial charge in [-0.3, -0.25) is 14.6 Å². The van der Waals surface area contributed by atoms with E-state index in [-0.39, 0.29) is 5.56 Å². The van der Waals surface area contributed by atoms with E-state index in [0.717, 1.165) is 10.5 Å². The van der Waals surface area contributed by atoms with Crippen molar-refractivity contribution in [3.63, 3.8) is 0 Å². The van der Waals surface area contributed by atoms with E-state index in [4.69, 9.17) is 5.26 Å². The molecular formula is C20H17F2N5O2. The summed E-state index contributed by atoms with van der Waals surface area (Å²) in [5, 5.41) is 11.4. The maximum atomic E-state index is 13.5. The number of aryl methyl sites for hydroxylation is 1. The van der Waals surface area contributed by atoms with Crippen molar-refractivity contribution in [3.05, 3.63) is 53.6 Å². The van der Waals surface area contributed by atoms with Crippen molar-refractivity contribution < 1.29 is 18.4 Å². The molecule has 0 spiro atoms. The molecule has 2 amide bonds. The highest BCUT2D eigenvalue weighted by Gasteiger charge is 2.47. The molecule has 1 aliphatic heterocycles. The Morgan fingerprint density at radius 2 is 2.17 bits per heavy atom. The average Bonchev–Trinajstić information content (AvgIpc) is 3.26. The Morgan fingerprint density at radius 3 is 2.86 bits per heavy atom. The fraction of sp³-hybridized carbons (Fsp3) is 0.300. The van der Waals surface area contributed by atoms with E-state index >= 15 is 0 Å². The summed E-state index contributed by atoms with van der Waals surface area (Å²) >= 11 is 0. The van der Waals surface area contributed by atoms with Gasteiger partial charge in [-0.05, 0) is 12.1 Å². The van der Waals surface area contributed by atoms with Gasteiger partial charge in [0.05, 0.1) is 30.3 Å². The van der Waals surface area contributed by atoms with Crippen molar-refractivity contribution in [2.45, 2.75) is 18.4 Å². The molecule has 1 fully saturated rings. The van der Waals surface area contributed by atoms with Gasteiger partial charge in [-0.1, -0.05) is 11.8 Å². The van der Waals surface area contributed by atoms with E-state index in [1.165, 1.54) is 18.5 Å². The van der Waals surface area contributed by atoms with Crippen molar-refractivity contribution >= 4 is 11.8 Å². The summed E-state index contributed by atoms with van der Waals surface area (Å²) in [6.07, 6.45) is 5.80. The maximum absolute atomic E-state index is 13.5. The normalized spacial score (nSPS) is 17.2. The average molecular weight is 397 g/mol. The first-order valence-electron chi connectivity index (χ1n) is 8.72. The maximum Gasteiger partial charge on any atom is 0.268 e. The Kier molecular flexibility index (Phi) is 5.60. The van der Waals surface area contributed by atoms with E-state index in [1.807, 2.05) is 30.1 Å². The summed E-state index contributed by atoms with van der Waals surface area (Å²) in [6.45, 7) is -1.33. The lowest BCUT2D eigenvalue weighted by Crippen LogP contribution is -2.43. The molecule has 2 aromatic heterocycles. The van der Waals surface area contributed by atoms with Crippen molar-refractivity contribution in [2.75, 3.05) is 13.1 Å². The first-order chi connectivity index (χ1) is 13.8. The Labute approximate surface area is 165 Å². The van der Waals surface area contributed by atoms with Crippen LogP contribution in [0.3, 0.4) is 0 Å². The third kappa shape index (κ3) is 4.77. The number of nitriles is 1. The molecule has 1 atom stereocenters. The number of nitrogens with zero attached hydrogens (tertiary/aromatic N) is 4. The Bertz CT molecular complexity index is 1040. The van der Waals surface area contributed by atoms with Gasteiger partial charge in [0.2, 0.25) is 5.91 Å². The van der Waals surface area contributed by atoms with Gasteiger partial charge < -0.3 is 14.8 Å². The largest absolute Gasteiger partial charge is 0.356 e. The smallest absolute Gasteiger partial charge is 0.268 e. The number of carbonyl (C=O) groups excluding carboxylic acids is 2. The predicted octanol–water partition coefficient (Wildman–Crippen LogP) is 1.31. The molecule has 1 aliphatic rings. The fourth-order valence-electron chi connectivity index (χ4n) is 2.96. The van der Waals surface area contributed by atoms with Crippen molar-refractivity contribution in [3.8, 4) is 17.9 Å². The molecule has 0 radical (unpaired) electrons. The number of hydrogen-bond acceptors (Lipinski definition) is 4. The minimum Gasteiger partial charge on any atom is -0.356 e. The lowest BCUT2D eigenvalue weighted by Gasteiger charge is -2.19. The van der Waals surface area contributed by atoms with E-state index in [1.54, 1.807) is 6.07 Å². The van der Waals surface area contributed by atoms with Gasteiger partial charge in [0, 0.05) is 43.8 Å². The summed E-state index contributed by atoms with van der Waals surface area (Å²) in [5.74, 6) is 1.36. The molecule has 2 aromatic rings. The molecule has 3 heterocycles. The number of amides is 2. The number of carbonyl (C=O) groups is 2. The zero-order valence-corrected chi connectivity index (χ0v) is 15.5. The number of pyridine rings is 1. The molecule has 1 saturated heterocycles. The molecule has 7 nitrogen and oxygen atoms in total. The van der Waals surface area contributed by atoms with Crippen LogP contribution in [0, 0.1) is 23.2 Å². The van der Waals surface area contributed by atoms with Crippen molar-refractivity contribution in [1.29, 1.82) is 5.26 Å². The van der Waals surface area contributed by atoms with Crippen molar-refractivity contribution in [1.82, 2.24) is 19.8 Å². The topological polar surface area (TPSA) is 91.0 Å². The van der Waals surface area contributed by atoms with E-state index in [0.29, 0.717) is 5.56 Å². The second kappa shape index (κ2) is 8.11. The van der Waals surface area contributed by atoms with Gasteiger partial charge in [-0.25, -0.2) is 8.78 Å². The first kappa shape index (κ1) is 20.0. The summed E-state index contributed by atoms with van der Waals surface area (Å²) in [7, 11) is 1.86. The van der Waals surface area contributed by atoms with Gasteiger partial charge in [-0.2, -0.15) is 5.26 Å². The predicted molar refractivity (Wildman–Crippen MR) is 98.6 cm³/mol. The Hall–Kier alpha value is -3.72. The first-order valence-corrected chi connectivity index (χ1v) is 8.72. The standard InChI is InChI=1S/C20H17F2N5O2/c1-26-7-5-14(12-26)2-3-15-10-24-6-4-17(15)19(29)25-11-18(28)27-13-20(21,22)8-16(27)9-23/h4-7,10,12,16H,8,11,13H2,1H3,(H,25,29). The van der Waals surface area contributed by atoms with Crippen LogP contribution < -0.4 is 5.32 Å². The SMILES string of the molecule is Cn1ccc(C#Cc2cnccc2C(=O)NCC(=O)N2CC(F)(F)CC2C#N)c1. The van der Waals surface area contributed by atoms with Gasteiger partial charge >= 0.3 is 0 Å². The van der Waals surface area contributed by atoms with Crippen LogP contribution in [0.25, 0.3) is 0 Å². The van der Waals surface area contributed by atoms with E-state index in [9.17, 15) is 18.4 Å². The van der Waals surface area contributed by atoms with E-state index in [2.05, 4.69) is 22.1 Å². The number of rotatable bonds is 3. The highest BCUT2D eigenvalue weighted by atomic mass is 19.3. The third-order valence-electron chi connectivity index (χ3n) is 4.38. The van der Waals surface area contributed by atoms with Crippen LogP contribution in [-0.4, -0.2) is 51.3 Å². The zero-order chi connectivity index (χ0) is 21.0. The number of halogens is 2. The lowest BCUT2D eigenvalue weighted by atomic mass is 10.1. The number of aromatic nitrogens is 2. The van der Waals surface area contributed by atoms with Crippen LogP contribution >= 0.6 is 0 Å². The molecule has 0 bridgehead atoms. The summed E-state index contributed by atoms with van der Waals surface area (Å²) in [6, 6.07) is 3.77. The van der Waals surface area contributed by atoms with E-state index < -0.39 is 43.3 Å². The lowest BCUT2D eigenvalue weighted by molar-refractivity contribution is -0.131. The number of likely N-dealkylation sites (tertiary alicyclic amines) is 1. The quantitative estimate of drug-likeness (QED) is 0.791. The fourth-order valence-corrected chi connectivity index (χ4v) is 2.96. The molecule has 148 valence electrons. The van der Waals surface area contributed by atoms with Crippen molar-refractivity contribution in [2.24, 2.45) is 7.05 Å². The molecule has 9 heteroatoms. The van der Waals surface area contributed by atoms with Crippen LogP contribution in [-0.2, 0) is 11.8 Å². The van der Waals surface area contributed by atoms with Crippen LogP contribution in [0.15, 0.2) is 36.9 Å². The van der Waals surface area contributed by atoms with Crippen LogP contribution in [0.4, 0.5) is 8.78 Å². The molecule has 29 heavy (non-hydrogen) atoms. The third-order valence-corrected chi connectivity index (χ3v) is 4.38. The molecule has 1 unspecified atom stereocenters. The van der Waals surface area contributed by atoms with Crippen LogP contribution in [0.1, 0.15) is 27.9 Å². The number of nitrogens with one attached hydrogen (secondary N) is 1.